The highest BCUT2D eigenvalue weighted by Crippen LogP contribution is 2.16. The minimum atomic E-state index is -0.331. The van der Waals surface area contributed by atoms with Crippen LogP contribution >= 0.6 is 0 Å². The molecule has 0 unspecified atom stereocenters. The summed E-state index contributed by atoms with van der Waals surface area (Å²) in [7, 11) is 4.81. The molecular formula is C13H23N5O3. The van der Waals surface area contributed by atoms with Crippen LogP contribution in [-0.4, -0.2) is 60.3 Å². The number of nitrogens with zero attached hydrogens (tertiary/aromatic N) is 3. The van der Waals surface area contributed by atoms with Gasteiger partial charge in [0.1, 0.15) is 5.69 Å². The van der Waals surface area contributed by atoms with Crippen molar-refractivity contribution in [1.29, 1.82) is 0 Å². The first-order valence-electron chi connectivity index (χ1n) is 6.68. The van der Waals surface area contributed by atoms with E-state index in [0.717, 1.165) is 6.42 Å². The first-order chi connectivity index (χ1) is 9.88. The van der Waals surface area contributed by atoms with Gasteiger partial charge in [-0.15, -0.1) is 0 Å². The summed E-state index contributed by atoms with van der Waals surface area (Å²) in [6.45, 7) is 2.80. The largest absolute Gasteiger partial charge is 0.395 e. The van der Waals surface area contributed by atoms with Crippen LogP contribution < -0.4 is 11.1 Å². The fourth-order valence-corrected chi connectivity index (χ4v) is 1.90. The lowest BCUT2D eigenvalue weighted by molar-refractivity contribution is -0.121. The molecule has 0 radical (unpaired) electrons. The van der Waals surface area contributed by atoms with Gasteiger partial charge in [-0.2, -0.15) is 5.10 Å². The first kappa shape index (κ1) is 17.0. The summed E-state index contributed by atoms with van der Waals surface area (Å²) in [6.07, 6.45) is 0.730. The molecule has 0 spiro atoms. The van der Waals surface area contributed by atoms with E-state index < -0.39 is 0 Å². The van der Waals surface area contributed by atoms with E-state index >= 15 is 0 Å². The van der Waals surface area contributed by atoms with Crippen LogP contribution in [0.1, 0.15) is 22.6 Å². The van der Waals surface area contributed by atoms with Crippen LogP contribution in [0.2, 0.25) is 0 Å². The minimum Gasteiger partial charge on any atom is -0.395 e. The second kappa shape index (κ2) is 7.63. The molecule has 1 aromatic heterocycles. The first-order valence-corrected chi connectivity index (χ1v) is 6.68. The van der Waals surface area contributed by atoms with Crippen LogP contribution in [0.3, 0.4) is 0 Å². The molecule has 118 valence electrons. The summed E-state index contributed by atoms with van der Waals surface area (Å²) in [5.41, 5.74) is 7.07. The molecule has 0 aliphatic carbocycles. The van der Waals surface area contributed by atoms with Crippen LogP contribution in [0, 0.1) is 6.92 Å². The Balaban J connectivity index is 2.57. The van der Waals surface area contributed by atoms with Gasteiger partial charge in [0.15, 0.2) is 0 Å². The maximum absolute atomic E-state index is 12.3. The lowest BCUT2D eigenvalue weighted by atomic mass is 10.2. The molecule has 8 heteroatoms. The number of hydrogen-bond acceptors (Lipinski definition) is 5. The number of rotatable bonds is 7. The van der Waals surface area contributed by atoms with Gasteiger partial charge in [-0.05, 0) is 13.3 Å². The number of carbonyl (C=O) groups is 2. The van der Waals surface area contributed by atoms with Crippen LogP contribution in [0.5, 0.6) is 0 Å². The molecule has 3 N–H and O–H groups in total. The quantitative estimate of drug-likeness (QED) is 0.663. The topological polar surface area (TPSA) is 102 Å². The van der Waals surface area contributed by atoms with Crippen molar-refractivity contribution in [2.24, 2.45) is 7.05 Å². The normalized spacial score (nSPS) is 10.5. The van der Waals surface area contributed by atoms with E-state index in [2.05, 4.69) is 10.4 Å². The smallest absolute Gasteiger partial charge is 0.274 e. The van der Waals surface area contributed by atoms with Gasteiger partial charge in [0.25, 0.3) is 5.91 Å². The molecule has 0 aromatic carbocycles. The highest BCUT2D eigenvalue weighted by molar-refractivity contribution is 5.99. The lowest BCUT2D eigenvalue weighted by Crippen LogP contribution is -2.39. The third-order valence-electron chi connectivity index (χ3n) is 3.05. The van der Waals surface area contributed by atoms with E-state index in [-0.39, 0.29) is 18.4 Å². The SMILES string of the molecule is COCCCNC(=O)CN(C)C(=O)c1c(N)c(C)nn1C. The summed E-state index contributed by atoms with van der Waals surface area (Å²) in [6, 6.07) is 0. The van der Waals surface area contributed by atoms with Crippen LogP contribution in [0.25, 0.3) is 0 Å². The number of aromatic nitrogens is 2. The van der Waals surface area contributed by atoms with Gasteiger partial charge in [-0.1, -0.05) is 0 Å². The Morgan fingerprint density at radius 3 is 2.67 bits per heavy atom. The predicted molar refractivity (Wildman–Crippen MR) is 78.8 cm³/mol. The maximum atomic E-state index is 12.3. The van der Waals surface area contributed by atoms with Gasteiger partial charge in [-0.3, -0.25) is 14.3 Å². The van der Waals surface area contributed by atoms with Crippen molar-refractivity contribution in [2.45, 2.75) is 13.3 Å². The number of anilines is 1. The molecule has 0 fully saturated rings. The average Bonchev–Trinajstić information content (AvgIpc) is 2.67. The molecule has 0 bridgehead atoms. The predicted octanol–water partition coefficient (Wildman–Crippen LogP) is -0.465. The van der Waals surface area contributed by atoms with Gasteiger partial charge >= 0.3 is 0 Å². The van der Waals surface area contributed by atoms with Gasteiger partial charge < -0.3 is 20.7 Å². The van der Waals surface area contributed by atoms with Crippen LogP contribution in [0.15, 0.2) is 0 Å². The zero-order valence-electron chi connectivity index (χ0n) is 13.0. The number of carbonyl (C=O) groups excluding carboxylic acids is 2. The summed E-state index contributed by atoms with van der Waals surface area (Å²) >= 11 is 0. The average molecular weight is 297 g/mol. The van der Waals surface area contributed by atoms with Crippen molar-refractivity contribution in [2.75, 3.05) is 39.6 Å². The number of aryl methyl sites for hydroxylation is 2. The fraction of sp³-hybridized carbons (Fsp3) is 0.615. The Morgan fingerprint density at radius 1 is 1.48 bits per heavy atom. The van der Waals surface area contributed by atoms with Gasteiger partial charge in [0, 0.05) is 34.4 Å². The number of nitrogens with two attached hydrogens (primary N) is 1. The Kier molecular flexibility index (Phi) is 6.16. The zero-order valence-corrected chi connectivity index (χ0v) is 13.0. The second-order valence-corrected chi connectivity index (χ2v) is 4.83. The Hall–Kier alpha value is -2.09. The van der Waals surface area contributed by atoms with Gasteiger partial charge in [0.05, 0.1) is 17.9 Å². The Labute approximate surface area is 124 Å². The van der Waals surface area contributed by atoms with Crippen LogP contribution in [0.4, 0.5) is 5.69 Å². The molecular weight excluding hydrogens is 274 g/mol. The van der Waals surface area contributed by atoms with E-state index in [0.29, 0.717) is 30.2 Å². The van der Waals surface area contributed by atoms with E-state index in [9.17, 15) is 9.59 Å². The number of likely N-dealkylation sites (N-methyl/N-ethyl adjacent to an activating group) is 1. The third-order valence-corrected chi connectivity index (χ3v) is 3.05. The van der Waals surface area contributed by atoms with Gasteiger partial charge in [0.2, 0.25) is 5.91 Å². The van der Waals surface area contributed by atoms with E-state index in [1.54, 1.807) is 28.1 Å². The maximum Gasteiger partial charge on any atom is 0.274 e. The molecule has 0 saturated carbocycles. The highest BCUT2D eigenvalue weighted by atomic mass is 16.5. The second-order valence-electron chi connectivity index (χ2n) is 4.83. The van der Waals surface area contributed by atoms with Crippen LogP contribution in [-0.2, 0) is 16.6 Å². The molecule has 0 atom stereocenters. The van der Waals surface area contributed by atoms with Crippen molar-refractivity contribution in [3.63, 3.8) is 0 Å². The van der Waals surface area contributed by atoms with Crippen molar-refractivity contribution < 1.29 is 14.3 Å². The minimum absolute atomic E-state index is 0.0323. The summed E-state index contributed by atoms with van der Waals surface area (Å²) < 4.78 is 6.32. The summed E-state index contributed by atoms with van der Waals surface area (Å²) in [5.74, 6) is -0.554. The molecule has 0 aliphatic rings. The van der Waals surface area contributed by atoms with E-state index in [1.165, 1.54) is 9.58 Å². The van der Waals surface area contributed by atoms with Crippen molar-refractivity contribution in [3.05, 3.63) is 11.4 Å². The number of nitrogen functional groups attached to an aromatic ring is 1. The monoisotopic (exact) mass is 297 g/mol. The highest BCUT2D eigenvalue weighted by Gasteiger charge is 2.22. The summed E-state index contributed by atoms with van der Waals surface area (Å²) in [4.78, 5) is 25.3. The van der Waals surface area contributed by atoms with Crippen molar-refractivity contribution in [3.8, 4) is 0 Å². The Bertz CT molecular complexity index is 512. The number of ether oxygens (including phenoxy) is 1. The third kappa shape index (κ3) is 4.45. The molecule has 0 saturated heterocycles. The number of amides is 2. The standard InChI is InChI=1S/C13H23N5O3/c1-9-11(14)12(18(3)16-9)13(20)17(2)8-10(19)15-6-5-7-21-4/h5-8,14H2,1-4H3,(H,15,19). The molecule has 21 heavy (non-hydrogen) atoms. The molecule has 2 amide bonds. The number of nitrogens with one attached hydrogen (secondary N) is 1. The lowest BCUT2D eigenvalue weighted by Gasteiger charge is -2.17. The molecule has 1 aromatic rings. The molecule has 0 aliphatic heterocycles. The zero-order chi connectivity index (χ0) is 16.0. The Morgan fingerprint density at radius 2 is 2.14 bits per heavy atom. The summed E-state index contributed by atoms with van der Waals surface area (Å²) in [5, 5.41) is 6.82. The van der Waals surface area contributed by atoms with E-state index in [1.807, 2.05) is 0 Å². The van der Waals surface area contributed by atoms with Crippen molar-refractivity contribution >= 4 is 17.5 Å². The molecule has 1 heterocycles. The number of hydrogen-bond donors (Lipinski definition) is 2. The molecule has 8 nitrogen and oxygen atoms in total. The fourth-order valence-electron chi connectivity index (χ4n) is 1.90. The van der Waals surface area contributed by atoms with Crippen molar-refractivity contribution in [1.82, 2.24) is 20.0 Å². The molecule has 1 rings (SSSR count). The van der Waals surface area contributed by atoms with E-state index in [4.69, 9.17) is 10.5 Å². The van der Waals surface area contributed by atoms with Gasteiger partial charge in [-0.25, -0.2) is 0 Å². The number of methoxy groups -OCH3 is 1.